The summed E-state index contributed by atoms with van der Waals surface area (Å²) in [6, 6.07) is -0.426. The van der Waals surface area contributed by atoms with Crippen LogP contribution in [0.4, 0.5) is 0 Å². The molecule has 0 aromatic carbocycles. The van der Waals surface area contributed by atoms with E-state index < -0.39 is 11.6 Å². The molecule has 0 radical (unpaired) electrons. The largest absolute Gasteiger partial charge is 0.377 e. The summed E-state index contributed by atoms with van der Waals surface area (Å²) < 4.78 is 5.24. The number of carbonyl (C=O) groups is 2. The highest BCUT2D eigenvalue weighted by Crippen LogP contribution is 2.20. The molecule has 0 bridgehead atoms. The Morgan fingerprint density at radius 3 is 2.50 bits per heavy atom. The van der Waals surface area contributed by atoms with Crippen molar-refractivity contribution in [2.75, 3.05) is 20.7 Å². The molecule has 80 valence electrons. The number of hydrogen-bond donors (Lipinski definition) is 1. The molecule has 1 aliphatic rings. The van der Waals surface area contributed by atoms with Crippen LogP contribution in [0.25, 0.3) is 0 Å². The van der Waals surface area contributed by atoms with Crippen LogP contribution in [0.2, 0.25) is 0 Å². The van der Waals surface area contributed by atoms with Gasteiger partial charge in [0, 0.05) is 7.11 Å². The van der Waals surface area contributed by atoms with Crippen LogP contribution < -0.4 is 5.32 Å². The minimum Gasteiger partial charge on any atom is -0.377 e. The van der Waals surface area contributed by atoms with Gasteiger partial charge in [0.1, 0.15) is 6.04 Å². The Bertz CT molecular complexity index is 263. The molecule has 14 heavy (non-hydrogen) atoms. The van der Waals surface area contributed by atoms with Crippen LogP contribution in [-0.4, -0.2) is 49.1 Å². The molecule has 0 aromatic rings. The van der Waals surface area contributed by atoms with Crippen molar-refractivity contribution < 1.29 is 14.3 Å². The molecule has 1 aliphatic heterocycles. The van der Waals surface area contributed by atoms with Gasteiger partial charge in [0.2, 0.25) is 11.8 Å². The second-order valence-electron chi connectivity index (χ2n) is 4.04. The minimum atomic E-state index is -0.598. The van der Waals surface area contributed by atoms with Gasteiger partial charge in [-0.2, -0.15) is 0 Å². The number of carbonyl (C=O) groups excluding carboxylic acids is 2. The highest BCUT2D eigenvalue weighted by atomic mass is 16.5. The third-order valence-corrected chi connectivity index (χ3v) is 2.53. The molecule has 0 saturated carbocycles. The van der Waals surface area contributed by atoms with E-state index in [1.165, 1.54) is 0 Å². The Labute approximate surface area is 83.4 Å². The number of piperazine rings is 1. The zero-order chi connectivity index (χ0) is 10.9. The van der Waals surface area contributed by atoms with Gasteiger partial charge < -0.3 is 4.74 Å². The molecular formula is C9H16N2O3. The number of rotatable bonds is 2. The minimum absolute atomic E-state index is 0.225. The van der Waals surface area contributed by atoms with Gasteiger partial charge in [-0.05, 0) is 20.9 Å². The molecule has 1 saturated heterocycles. The lowest BCUT2D eigenvalue weighted by atomic mass is 9.95. The maximum Gasteiger partial charge on any atom is 0.246 e. The van der Waals surface area contributed by atoms with Crippen molar-refractivity contribution >= 4 is 11.8 Å². The molecule has 1 atom stereocenters. The molecule has 1 fully saturated rings. The van der Waals surface area contributed by atoms with Gasteiger partial charge in [-0.25, -0.2) is 0 Å². The number of hydrogen-bond acceptors (Lipinski definition) is 4. The second kappa shape index (κ2) is 3.67. The number of nitrogens with zero attached hydrogens (tertiary/aromatic N) is 1. The first-order chi connectivity index (χ1) is 6.38. The van der Waals surface area contributed by atoms with Crippen molar-refractivity contribution in [3.8, 4) is 0 Å². The molecular weight excluding hydrogens is 184 g/mol. The Balaban J connectivity index is 2.87. The number of likely N-dealkylation sites (N-methyl/N-ethyl adjacent to an activating group) is 1. The average molecular weight is 200 g/mol. The lowest BCUT2D eigenvalue weighted by Crippen LogP contribution is -2.64. The van der Waals surface area contributed by atoms with Crippen molar-refractivity contribution in [2.24, 2.45) is 0 Å². The number of imide groups is 1. The zero-order valence-corrected chi connectivity index (χ0v) is 8.96. The fourth-order valence-corrected chi connectivity index (χ4v) is 1.72. The van der Waals surface area contributed by atoms with Gasteiger partial charge in [-0.15, -0.1) is 0 Å². The molecule has 2 amide bonds. The van der Waals surface area contributed by atoms with Crippen molar-refractivity contribution in [3.63, 3.8) is 0 Å². The monoisotopic (exact) mass is 200 g/mol. The lowest BCUT2D eigenvalue weighted by Gasteiger charge is -2.40. The summed E-state index contributed by atoms with van der Waals surface area (Å²) in [7, 11) is 3.29. The third kappa shape index (κ3) is 1.93. The summed E-state index contributed by atoms with van der Waals surface area (Å²) >= 11 is 0. The van der Waals surface area contributed by atoms with Crippen molar-refractivity contribution in [1.29, 1.82) is 0 Å². The van der Waals surface area contributed by atoms with Crippen LogP contribution in [0, 0.1) is 0 Å². The Morgan fingerprint density at radius 1 is 1.50 bits per heavy atom. The molecule has 1 unspecified atom stereocenters. The van der Waals surface area contributed by atoms with E-state index in [0.29, 0.717) is 0 Å². The van der Waals surface area contributed by atoms with Crippen molar-refractivity contribution in [2.45, 2.75) is 25.5 Å². The highest BCUT2D eigenvalue weighted by Gasteiger charge is 2.42. The molecule has 1 N–H and O–H groups in total. The molecule has 0 aliphatic carbocycles. The molecule has 1 rings (SSSR count). The van der Waals surface area contributed by atoms with Crippen LogP contribution in [-0.2, 0) is 14.3 Å². The fraction of sp³-hybridized carbons (Fsp3) is 0.778. The average Bonchev–Trinajstić information content (AvgIpc) is 2.01. The van der Waals surface area contributed by atoms with Gasteiger partial charge in [-0.3, -0.25) is 19.8 Å². The van der Waals surface area contributed by atoms with E-state index in [1.54, 1.807) is 19.1 Å². The van der Waals surface area contributed by atoms with Crippen LogP contribution in [0.15, 0.2) is 0 Å². The Hall–Kier alpha value is -0.940. The maximum absolute atomic E-state index is 11.6. The van der Waals surface area contributed by atoms with E-state index >= 15 is 0 Å². The van der Waals surface area contributed by atoms with Crippen molar-refractivity contribution in [1.82, 2.24) is 10.2 Å². The van der Waals surface area contributed by atoms with E-state index in [9.17, 15) is 9.59 Å². The number of ether oxygens (including phenoxy) is 1. The number of methoxy groups -OCH3 is 1. The van der Waals surface area contributed by atoms with Crippen molar-refractivity contribution in [3.05, 3.63) is 0 Å². The van der Waals surface area contributed by atoms with Gasteiger partial charge in [0.25, 0.3) is 0 Å². The second-order valence-corrected chi connectivity index (χ2v) is 4.04. The van der Waals surface area contributed by atoms with Crippen LogP contribution >= 0.6 is 0 Å². The van der Waals surface area contributed by atoms with Gasteiger partial charge in [0.15, 0.2) is 0 Å². The Kier molecular flexibility index (Phi) is 2.92. The molecule has 5 heteroatoms. The predicted octanol–water partition coefficient (Wildman–Crippen LogP) is -0.632. The smallest absolute Gasteiger partial charge is 0.246 e. The lowest BCUT2D eigenvalue weighted by molar-refractivity contribution is -0.148. The first-order valence-corrected chi connectivity index (χ1v) is 4.47. The summed E-state index contributed by atoms with van der Waals surface area (Å²) in [5.74, 6) is -0.559. The molecule has 1 heterocycles. The number of amides is 2. The first-order valence-electron chi connectivity index (χ1n) is 4.47. The van der Waals surface area contributed by atoms with E-state index in [0.717, 1.165) is 0 Å². The van der Waals surface area contributed by atoms with E-state index in [4.69, 9.17) is 4.74 Å². The summed E-state index contributed by atoms with van der Waals surface area (Å²) in [6.45, 7) is 3.87. The first kappa shape index (κ1) is 11.1. The zero-order valence-electron chi connectivity index (χ0n) is 8.96. The summed E-state index contributed by atoms with van der Waals surface area (Å²) in [4.78, 5) is 24.3. The van der Waals surface area contributed by atoms with Gasteiger partial charge in [-0.1, -0.05) is 0 Å². The third-order valence-electron chi connectivity index (χ3n) is 2.53. The van der Waals surface area contributed by atoms with Gasteiger partial charge >= 0.3 is 0 Å². The molecule has 0 spiro atoms. The van der Waals surface area contributed by atoms with E-state index in [-0.39, 0.29) is 18.4 Å². The maximum atomic E-state index is 11.6. The van der Waals surface area contributed by atoms with Gasteiger partial charge in [0.05, 0.1) is 12.1 Å². The summed E-state index contributed by atoms with van der Waals surface area (Å²) in [6.07, 6.45) is 0. The molecule has 0 aromatic heterocycles. The standard InChI is InChI=1S/C9H16N2O3/c1-9(2,14-4)7-8(13)10-6(12)5-11(7)3/h7H,5H2,1-4H3,(H,10,12,13). The Morgan fingerprint density at radius 2 is 2.07 bits per heavy atom. The quantitative estimate of drug-likeness (QED) is 0.603. The van der Waals surface area contributed by atoms with E-state index in [2.05, 4.69) is 5.32 Å². The summed E-state index contributed by atoms with van der Waals surface area (Å²) in [5, 5.41) is 2.30. The fourth-order valence-electron chi connectivity index (χ4n) is 1.72. The topological polar surface area (TPSA) is 58.6 Å². The molecule has 5 nitrogen and oxygen atoms in total. The SMILES string of the molecule is COC(C)(C)C1C(=O)NC(=O)CN1C. The predicted molar refractivity (Wildman–Crippen MR) is 50.7 cm³/mol. The van der Waals surface area contributed by atoms with E-state index in [1.807, 2.05) is 13.8 Å². The highest BCUT2D eigenvalue weighted by molar-refractivity contribution is 6.01. The number of nitrogens with one attached hydrogen (secondary N) is 1. The van der Waals surface area contributed by atoms with Crippen LogP contribution in [0.5, 0.6) is 0 Å². The van der Waals surface area contributed by atoms with Crippen LogP contribution in [0.3, 0.4) is 0 Å². The normalized spacial score (nSPS) is 25.0. The van der Waals surface area contributed by atoms with Crippen LogP contribution in [0.1, 0.15) is 13.8 Å². The summed E-state index contributed by atoms with van der Waals surface area (Å²) in [5.41, 5.74) is -0.598.